The average molecular weight is 301 g/mol. The lowest BCUT2D eigenvalue weighted by Crippen LogP contribution is -2.42. The smallest absolute Gasteiger partial charge is 0.352 e. The Kier molecular flexibility index (Phi) is 4.46. The summed E-state index contributed by atoms with van der Waals surface area (Å²) in [6, 6.07) is 1.11. The normalized spacial score (nSPS) is 17.2. The van der Waals surface area contributed by atoms with Gasteiger partial charge in [-0.15, -0.1) is 0 Å². The summed E-state index contributed by atoms with van der Waals surface area (Å²) in [6.07, 6.45) is 2.84. The van der Waals surface area contributed by atoms with E-state index in [1.807, 2.05) is 0 Å². The van der Waals surface area contributed by atoms with E-state index >= 15 is 0 Å². The summed E-state index contributed by atoms with van der Waals surface area (Å²) in [5.74, 6) is -1.13. The number of aryl methyl sites for hydroxylation is 1. The maximum atomic E-state index is 12.3. The van der Waals surface area contributed by atoms with Crippen LogP contribution in [-0.2, 0) is 16.6 Å². The fourth-order valence-corrected chi connectivity index (χ4v) is 3.64. The molecule has 2 heterocycles. The zero-order valence-corrected chi connectivity index (χ0v) is 12.1. The number of carboxylic acids is 1. The second kappa shape index (κ2) is 5.94. The Bertz CT molecular complexity index is 588. The second-order valence-corrected chi connectivity index (χ2v) is 6.51. The zero-order valence-electron chi connectivity index (χ0n) is 11.3. The first kappa shape index (κ1) is 15.0. The largest absolute Gasteiger partial charge is 0.477 e. The molecule has 8 heteroatoms. The minimum Gasteiger partial charge on any atom is -0.477 e. The zero-order chi connectivity index (χ0) is 14.8. The van der Waals surface area contributed by atoms with Gasteiger partial charge in [-0.3, -0.25) is 0 Å². The van der Waals surface area contributed by atoms with E-state index in [1.54, 1.807) is 6.92 Å². The molecule has 1 fully saturated rings. The molecule has 0 bridgehead atoms. The summed E-state index contributed by atoms with van der Waals surface area (Å²) in [5.41, 5.74) is -0.0156. The first-order chi connectivity index (χ1) is 9.44. The fraction of sp³-hybridized carbons (Fsp3) is 0.583. The van der Waals surface area contributed by atoms with E-state index in [1.165, 1.54) is 16.8 Å². The molecule has 20 heavy (non-hydrogen) atoms. The monoisotopic (exact) mass is 301 g/mol. The minimum absolute atomic E-state index is 0.00952. The molecule has 0 spiro atoms. The number of aromatic nitrogens is 1. The van der Waals surface area contributed by atoms with Crippen molar-refractivity contribution in [1.29, 1.82) is 0 Å². The Morgan fingerprint density at radius 1 is 1.50 bits per heavy atom. The molecule has 1 aliphatic heterocycles. The lowest BCUT2D eigenvalue weighted by Gasteiger charge is -2.23. The molecule has 0 atom stereocenters. The molecule has 1 aromatic heterocycles. The quantitative estimate of drug-likeness (QED) is 0.723. The maximum Gasteiger partial charge on any atom is 0.352 e. The summed E-state index contributed by atoms with van der Waals surface area (Å²) < 4.78 is 28.6. The molecule has 0 aromatic carbocycles. The third kappa shape index (κ3) is 3.20. The van der Waals surface area contributed by atoms with E-state index in [4.69, 9.17) is 5.11 Å². The van der Waals surface area contributed by atoms with Crippen LogP contribution in [0.5, 0.6) is 0 Å². The number of hydrogen-bond donors (Lipinski definition) is 3. The molecule has 3 N–H and O–H groups in total. The number of nitrogens with one attached hydrogen (secondary N) is 2. The Morgan fingerprint density at radius 3 is 2.65 bits per heavy atom. The van der Waals surface area contributed by atoms with Crippen LogP contribution in [0.25, 0.3) is 0 Å². The van der Waals surface area contributed by atoms with Gasteiger partial charge in [0.05, 0.1) is 0 Å². The van der Waals surface area contributed by atoms with Gasteiger partial charge in [-0.1, -0.05) is 0 Å². The van der Waals surface area contributed by atoms with Gasteiger partial charge in [-0.25, -0.2) is 17.9 Å². The van der Waals surface area contributed by atoms with Crippen molar-refractivity contribution in [1.82, 2.24) is 14.6 Å². The molecular weight excluding hydrogens is 282 g/mol. The molecule has 0 amide bonds. The third-order valence-electron chi connectivity index (χ3n) is 3.40. The van der Waals surface area contributed by atoms with E-state index in [-0.39, 0.29) is 16.6 Å². The summed E-state index contributed by atoms with van der Waals surface area (Å²) >= 11 is 0. The number of carbonyl (C=O) groups is 1. The fourth-order valence-electron chi connectivity index (χ4n) is 2.30. The molecule has 0 aliphatic carbocycles. The van der Waals surface area contributed by atoms with Gasteiger partial charge in [-0.05, 0) is 38.9 Å². The van der Waals surface area contributed by atoms with Crippen molar-refractivity contribution in [3.05, 3.63) is 18.0 Å². The average Bonchev–Trinajstić information content (AvgIpc) is 2.84. The van der Waals surface area contributed by atoms with Crippen molar-refractivity contribution >= 4 is 16.0 Å². The van der Waals surface area contributed by atoms with Gasteiger partial charge in [0.1, 0.15) is 10.6 Å². The Labute approximate surface area is 118 Å². The van der Waals surface area contributed by atoms with Crippen molar-refractivity contribution in [2.45, 2.75) is 37.2 Å². The second-order valence-electron chi connectivity index (χ2n) is 4.80. The number of carboxylic acid groups (broad SMARTS) is 1. The SMILES string of the molecule is CCn1cc(S(=O)(=O)NC2CCNCC2)cc1C(=O)O. The van der Waals surface area contributed by atoms with Crippen LogP contribution in [0.3, 0.4) is 0 Å². The lowest BCUT2D eigenvalue weighted by molar-refractivity contribution is 0.0685. The molecule has 1 aliphatic rings. The van der Waals surface area contributed by atoms with Crippen LogP contribution in [0.15, 0.2) is 17.2 Å². The van der Waals surface area contributed by atoms with Gasteiger partial charge >= 0.3 is 5.97 Å². The molecule has 0 radical (unpaired) electrons. The van der Waals surface area contributed by atoms with Gasteiger partial charge in [-0.2, -0.15) is 0 Å². The molecule has 0 saturated carbocycles. The Morgan fingerprint density at radius 2 is 2.15 bits per heavy atom. The predicted molar refractivity (Wildman–Crippen MR) is 73.3 cm³/mol. The van der Waals surface area contributed by atoms with Crippen LogP contribution < -0.4 is 10.0 Å². The van der Waals surface area contributed by atoms with Crippen LogP contribution in [0.1, 0.15) is 30.3 Å². The number of nitrogens with zero attached hydrogens (tertiary/aromatic N) is 1. The van der Waals surface area contributed by atoms with E-state index in [0.29, 0.717) is 6.54 Å². The maximum absolute atomic E-state index is 12.3. The van der Waals surface area contributed by atoms with Gasteiger partial charge in [0.15, 0.2) is 0 Å². The molecule has 7 nitrogen and oxygen atoms in total. The first-order valence-corrected chi connectivity index (χ1v) is 8.09. The highest BCUT2D eigenvalue weighted by Gasteiger charge is 2.24. The van der Waals surface area contributed by atoms with Gasteiger partial charge in [0.25, 0.3) is 0 Å². The molecular formula is C12H19N3O4S. The van der Waals surface area contributed by atoms with Crippen molar-refractivity contribution in [3.63, 3.8) is 0 Å². The van der Waals surface area contributed by atoms with E-state index < -0.39 is 16.0 Å². The molecule has 0 unspecified atom stereocenters. The number of rotatable bonds is 5. The highest BCUT2D eigenvalue weighted by atomic mass is 32.2. The van der Waals surface area contributed by atoms with Crippen LogP contribution in [-0.4, -0.2) is 43.2 Å². The summed E-state index contributed by atoms with van der Waals surface area (Å²) in [5, 5.41) is 12.2. The summed E-state index contributed by atoms with van der Waals surface area (Å²) in [4.78, 5) is 11.1. The standard InChI is InChI=1S/C12H19N3O4S/c1-2-15-8-10(7-11(15)12(16)17)20(18,19)14-9-3-5-13-6-4-9/h7-9,13-14H,2-6H2,1H3,(H,16,17). The van der Waals surface area contributed by atoms with Crippen molar-refractivity contribution in [3.8, 4) is 0 Å². The Hall–Kier alpha value is -1.38. The number of sulfonamides is 1. The van der Waals surface area contributed by atoms with E-state index in [2.05, 4.69) is 10.0 Å². The van der Waals surface area contributed by atoms with E-state index in [9.17, 15) is 13.2 Å². The first-order valence-electron chi connectivity index (χ1n) is 6.60. The highest BCUT2D eigenvalue weighted by Crippen LogP contribution is 2.16. The number of piperidine rings is 1. The number of hydrogen-bond acceptors (Lipinski definition) is 4. The molecule has 1 aromatic rings. The van der Waals surface area contributed by atoms with Gasteiger partial charge < -0.3 is 15.0 Å². The van der Waals surface area contributed by atoms with Crippen LogP contribution >= 0.6 is 0 Å². The Balaban J connectivity index is 2.22. The third-order valence-corrected chi connectivity index (χ3v) is 4.89. The molecule has 112 valence electrons. The van der Waals surface area contributed by atoms with Crippen molar-refractivity contribution in [2.75, 3.05) is 13.1 Å². The van der Waals surface area contributed by atoms with Crippen LogP contribution in [0.2, 0.25) is 0 Å². The minimum atomic E-state index is -3.67. The van der Waals surface area contributed by atoms with Crippen molar-refractivity contribution in [2.24, 2.45) is 0 Å². The molecule has 2 rings (SSSR count). The van der Waals surface area contributed by atoms with Crippen molar-refractivity contribution < 1.29 is 18.3 Å². The predicted octanol–water partition coefficient (Wildman–Crippen LogP) is 0.237. The van der Waals surface area contributed by atoms with E-state index in [0.717, 1.165) is 25.9 Å². The van der Waals surface area contributed by atoms with Crippen LogP contribution in [0.4, 0.5) is 0 Å². The topological polar surface area (TPSA) is 100 Å². The highest BCUT2D eigenvalue weighted by molar-refractivity contribution is 7.89. The lowest BCUT2D eigenvalue weighted by atomic mass is 10.1. The summed E-state index contributed by atoms with van der Waals surface area (Å²) in [6.45, 7) is 3.74. The number of aromatic carboxylic acids is 1. The molecule has 1 saturated heterocycles. The van der Waals surface area contributed by atoms with Crippen LogP contribution in [0, 0.1) is 0 Å². The van der Waals surface area contributed by atoms with Gasteiger partial charge in [0.2, 0.25) is 10.0 Å². The van der Waals surface area contributed by atoms with Gasteiger partial charge in [0, 0.05) is 18.8 Å². The summed E-state index contributed by atoms with van der Waals surface area (Å²) in [7, 11) is -3.67.